The molecular weight excluding hydrogens is 300 g/mol. The summed E-state index contributed by atoms with van der Waals surface area (Å²) < 4.78 is 1.77. The van der Waals surface area contributed by atoms with Crippen LogP contribution in [0.4, 0.5) is 0 Å². The molecule has 1 saturated heterocycles. The van der Waals surface area contributed by atoms with Crippen molar-refractivity contribution in [3.8, 4) is 0 Å². The van der Waals surface area contributed by atoms with Crippen molar-refractivity contribution in [2.75, 3.05) is 13.1 Å². The van der Waals surface area contributed by atoms with Crippen LogP contribution in [-0.4, -0.2) is 34.2 Å². The van der Waals surface area contributed by atoms with Crippen molar-refractivity contribution in [3.05, 3.63) is 59.4 Å². The highest BCUT2D eigenvalue weighted by atomic mass is 16.2. The van der Waals surface area contributed by atoms with Gasteiger partial charge >= 0.3 is 0 Å². The highest BCUT2D eigenvalue weighted by molar-refractivity contribution is 6.09. The Morgan fingerprint density at radius 2 is 1.79 bits per heavy atom. The van der Waals surface area contributed by atoms with E-state index in [-0.39, 0.29) is 18.2 Å². The molecule has 3 rings (SSSR count). The molecule has 1 fully saturated rings. The average molecular weight is 324 g/mol. The fourth-order valence-corrected chi connectivity index (χ4v) is 3.23. The highest BCUT2D eigenvalue weighted by Gasteiger charge is 2.22. The minimum atomic E-state index is -0.0295. The van der Waals surface area contributed by atoms with Gasteiger partial charge in [0.25, 0.3) is 0 Å². The number of benzene rings is 1. The number of likely N-dealkylation sites (tertiary alicyclic amines) is 1. The number of hydrogen-bond acceptors (Lipinski definition) is 2. The van der Waals surface area contributed by atoms with E-state index < -0.39 is 0 Å². The third kappa shape index (κ3) is 3.42. The average Bonchev–Trinajstić information content (AvgIpc) is 3.03. The molecular formula is C20H24N2O2. The van der Waals surface area contributed by atoms with Crippen molar-refractivity contribution in [2.24, 2.45) is 5.92 Å². The zero-order valence-electron chi connectivity index (χ0n) is 14.4. The van der Waals surface area contributed by atoms with E-state index in [1.807, 2.05) is 48.4 Å². The number of hydrogen-bond donors (Lipinski definition) is 0. The van der Waals surface area contributed by atoms with Crippen LogP contribution in [0.3, 0.4) is 0 Å². The number of carbonyl (C=O) groups excluding carboxylic acids is 2. The zero-order valence-corrected chi connectivity index (χ0v) is 14.4. The molecule has 4 heteroatoms. The van der Waals surface area contributed by atoms with Crippen LogP contribution in [-0.2, 0) is 11.3 Å². The van der Waals surface area contributed by atoms with Crippen molar-refractivity contribution >= 4 is 11.7 Å². The van der Waals surface area contributed by atoms with E-state index in [0.717, 1.165) is 31.5 Å². The molecule has 1 aliphatic rings. The lowest BCUT2D eigenvalue weighted by Gasteiger charge is -2.30. The Labute approximate surface area is 143 Å². The maximum atomic E-state index is 12.8. The summed E-state index contributed by atoms with van der Waals surface area (Å²) in [6.07, 6.45) is 3.94. The molecule has 4 nitrogen and oxygen atoms in total. The van der Waals surface area contributed by atoms with Crippen LogP contribution in [0, 0.1) is 12.8 Å². The molecule has 0 radical (unpaired) electrons. The van der Waals surface area contributed by atoms with Crippen LogP contribution in [0.5, 0.6) is 0 Å². The molecule has 1 aromatic heterocycles. The lowest BCUT2D eigenvalue weighted by atomic mass is 9.99. The molecule has 0 aliphatic carbocycles. The molecule has 1 aliphatic heterocycles. The van der Waals surface area contributed by atoms with Gasteiger partial charge in [-0.15, -0.1) is 0 Å². The van der Waals surface area contributed by atoms with Gasteiger partial charge in [-0.3, -0.25) is 9.59 Å². The SMILES string of the molecule is Cc1ccccc1C(=O)c1cccn1CC(=O)N1CCC(C)CC1. The normalized spacial score (nSPS) is 15.5. The molecule has 0 bridgehead atoms. The summed E-state index contributed by atoms with van der Waals surface area (Å²) in [7, 11) is 0. The molecule has 0 unspecified atom stereocenters. The predicted molar refractivity (Wildman–Crippen MR) is 94.0 cm³/mol. The van der Waals surface area contributed by atoms with E-state index in [9.17, 15) is 9.59 Å². The number of aryl methyl sites for hydroxylation is 1. The van der Waals surface area contributed by atoms with Gasteiger partial charge in [-0.05, 0) is 43.4 Å². The molecule has 2 aromatic rings. The minimum absolute atomic E-state index is 0.0295. The number of piperidine rings is 1. The first kappa shape index (κ1) is 16.5. The zero-order chi connectivity index (χ0) is 17.1. The van der Waals surface area contributed by atoms with E-state index >= 15 is 0 Å². The number of rotatable bonds is 4. The number of nitrogens with zero attached hydrogens (tertiary/aromatic N) is 2. The number of carbonyl (C=O) groups is 2. The second-order valence-corrected chi connectivity index (χ2v) is 6.73. The summed E-state index contributed by atoms with van der Waals surface area (Å²) in [5.41, 5.74) is 2.21. The van der Waals surface area contributed by atoms with Crippen molar-refractivity contribution < 1.29 is 9.59 Å². The van der Waals surface area contributed by atoms with E-state index in [1.165, 1.54) is 0 Å². The fourth-order valence-electron chi connectivity index (χ4n) is 3.23. The Morgan fingerprint density at radius 3 is 2.50 bits per heavy atom. The first-order chi connectivity index (χ1) is 11.6. The summed E-state index contributed by atoms with van der Waals surface area (Å²) in [6, 6.07) is 11.2. The number of ketones is 1. The van der Waals surface area contributed by atoms with Crippen molar-refractivity contribution in [3.63, 3.8) is 0 Å². The van der Waals surface area contributed by atoms with Gasteiger partial charge in [0.15, 0.2) is 0 Å². The Balaban J connectivity index is 1.75. The van der Waals surface area contributed by atoms with Crippen LogP contribution >= 0.6 is 0 Å². The molecule has 0 N–H and O–H groups in total. The molecule has 0 spiro atoms. The first-order valence-corrected chi connectivity index (χ1v) is 8.59. The molecule has 1 aromatic carbocycles. The highest BCUT2D eigenvalue weighted by Crippen LogP contribution is 2.18. The summed E-state index contributed by atoms with van der Waals surface area (Å²) in [6.45, 7) is 6.03. The quantitative estimate of drug-likeness (QED) is 0.810. The van der Waals surface area contributed by atoms with Gasteiger partial charge in [-0.25, -0.2) is 0 Å². The Morgan fingerprint density at radius 1 is 1.08 bits per heavy atom. The van der Waals surface area contributed by atoms with Gasteiger partial charge in [0, 0.05) is 24.8 Å². The smallest absolute Gasteiger partial charge is 0.242 e. The lowest BCUT2D eigenvalue weighted by Crippen LogP contribution is -2.40. The van der Waals surface area contributed by atoms with Crippen molar-refractivity contribution in [1.29, 1.82) is 0 Å². The van der Waals surface area contributed by atoms with E-state index in [4.69, 9.17) is 0 Å². The van der Waals surface area contributed by atoms with Crippen LogP contribution in [0.25, 0.3) is 0 Å². The minimum Gasteiger partial charge on any atom is -0.341 e. The molecule has 1 amide bonds. The first-order valence-electron chi connectivity index (χ1n) is 8.59. The Hall–Kier alpha value is -2.36. The molecule has 126 valence electrons. The Kier molecular flexibility index (Phi) is 4.84. The second-order valence-electron chi connectivity index (χ2n) is 6.73. The van der Waals surface area contributed by atoms with Crippen LogP contribution in [0.1, 0.15) is 41.4 Å². The molecule has 24 heavy (non-hydrogen) atoms. The third-order valence-electron chi connectivity index (χ3n) is 4.89. The van der Waals surface area contributed by atoms with E-state index in [2.05, 4.69) is 6.92 Å². The number of aromatic nitrogens is 1. The summed E-state index contributed by atoms with van der Waals surface area (Å²) >= 11 is 0. The van der Waals surface area contributed by atoms with E-state index in [1.54, 1.807) is 10.6 Å². The molecule has 0 saturated carbocycles. The van der Waals surface area contributed by atoms with Gasteiger partial charge < -0.3 is 9.47 Å². The predicted octanol–water partition coefficient (Wildman–Crippen LogP) is 3.29. The maximum Gasteiger partial charge on any atom is 0.242 e. The lowest BCUT2D eigenvalue weighted by molar-refractivity contribution is -0.133. The van der Waals surface area contributed by atoms with Crippen LogP contribution in [0.15, 0.2) is 42.6 Å². The summed E-state index contributed by atoms with van der Waals surface area (Å²) in [5.74, 6) is 0.758. The molecule has 2 heterocycles. The summed E-state index contributed by atoms with van der Waals surface area (Å²) in [4.78, 5) is 27.3. The van der Waals surface area contributed by atoms with Gasteiger partial charge in [-0.1, -0.05) is 31.2 Å². The van der Waals surface area contributed by atoms with Gasteiger partial charge in [0.2, 0.25) is 11.7 Å². The van der Waals surface area contributed by atoms with E-state index in [0.29, 0.717) is 17.2 Å². The van der Waals surface area contributed by atoms with Crippen molar-refractivity contribution in [1.82, 2.24) is 9.47 Å². The second kappa shape index (κ2) is 7.04. The van der Waals surface area contributed by atoms with Crippen LogP contribution in [0.2, 0.25) is 0 Å². The monoisotopic (exact) mass is 324 g/mol. The van der Waals surface area contributed by atoms with Crippen molar-refractivity contribution in [2.45, 2.75) is 33.2 Å². The topological polar surface area (TPSA) is 42.3 Å². The van der Waals surface area contributed by atoms with Gasteiger partial charge in [0.05, 0.1) is 5.69 Å². The van der Waals surface area contributed by atoms with Crippen LogP contribution < -0.4 is 0 Å². The number of amides is 1. The standard InChI is InChI=1S/C20H24N2O2/c1-15-9-12-21(13-10-15)19(23)14-22-11-5-8-18(22)20(24)17-7-4-3-6-16(17)2/h3-8,11,15H,9-10,12-14H2,1-2H3. The largest absolute Gasteiger partial charge is 0.341 e. The van der Waals surface area contributed by atoms with Gasteiger partial charge in [-0.2, -0.15) is 0 Å². The fraction of sp³-hybridized carbons (Fsp3) is 0.400. The maximum absolute atomic E-state index is 12.8. The molecule has 0 atom stereocenters. The Bertz CT molecular complexity index is 740. The summed E-state index contributed by atoms with van der Waals surface area (Å²) in [5, 5.41) is 0. The third-order valence-corrected chi connectivity index (χ3v) is 4.89. The van der Waals surface area contributed by atoms with Gasteiger partial charge in [0.1, 0.15) is 6.54 Å².